The molecule has 1 heterocycles. The van der Waals surface area contributed by atoms with Gasteiger partial charge < -0.3 is 10.2 Å². The maximum atomic E-state index is 11.5. The summed E-state index contributed by atoms with van der Waals surface area (Å²) in [5.41, 5.74) is 6.73. The van der Waals surface area contributed by atoms with E-state index in [-0.39, 0.29) is 4.90 Å². The van der Waals surface area contributed by atoms with E-state index in [1.807, 2.05) is 0 Å². The van der Waals surface area contributed by atoms with Crippen molar-refractivity contribution in [2.75, 3.05) is 6.26 Å². The highest BCUT2D eigenvalue weighted by atomic mass is 79.9. The van der Waals surface area contributed by atoms with Gasteiger partial charge in [0, 0.05) is 6.26 Å². The van der Waals surface area contributed by atoms with Crippen LogP contribution in [0.4, 0.5) is 0 Å². The Kier molecular flexibility index (Phi) is 3.61. The Bertz CT molecular complexity index is 663. The van der Waals surface area contributed by atoms with E-state index in [0.29, 0.717) is 16.0 Å². The molecule has 0 amide bonds. The number of sulfone groups is 1. The minimum Gasteiger partial charge on any atom is -0.452 e. The highest BCUT2D eigenvalue weighted by molar-refractivity contribution is 9.10. The van der Waals surface area contributed by atoms with Crippen molar-refractivity contribution in [3.05, 3.63) is 52.4 Å². The van der Waals surface area contributed by atoms with E-state index in [1.165, 1.54) is 6.26 Å². The van der Waals surface area contributed by atoms with Gasteiger partial charge >= 0.3 is 0 Å². The molecule has 1 unspecified atom stereocenters. The van der Waals surface area contributed by atoms with Gasteiger partial charge in [-0.2, -0.15) is 0 Å². The third-order valence-corrected chi connectivity index (χ3v) is 4.08. The largest absolute Gasteiger partial charge is 0.452 e. The molecule has 18 heavy (non-hydrogen) atoms. The van der Waals surface area contributed by atoms with E-state index in [0.717, 1.165) is 0 Å². The lowest BCUT2D eigenvalue weighted by Crippen LogP contribution is -2.11. The highest BCUT2D eigenvalue weighted by Gasteiger charge is 2.15. The maximum Gasteiger partial charge on any atom is 0.175 e. The molecular weight excluding hydrogens is 318 g/mol. The van der Waals surface area contributed by atoms with E-state index >= 15 is 0 Å². The summed E-state index contributed by atoms with van der Waals surface area (Å²) in [6.45, 7) is 0. The van der Waals surface area contributed by atoms with Crippen molar-refractivity contribution in [3.63, 3.8) is 0 Å². The second-order valence-electron chi connectivity index (χ2n) is 3.96. The number of furan rings is 1. The van der Waals surface area contributed by atoms with Gasteiger partial charge in [-0.15, -0.1) is 0 Å². The normalized spacial score (nSPS) is 13.5. The van der Waals surface area contributed by atoms with Crippen molar-refractivity contribution in [1.82, 2.24) is 0 Å². The fourth-order valence-corrected chi connectivity index (χ4v) is 2.59. The Balaban J connectivity index is 2.40. The van der Waals surface area contributed by atoms with Crippen molar-refractivity contribution in [2.24, 2.45) is 5.73 Å². The minimum absolute atomic E-state index is 0.251. The molecule has 0 saturated heterocycles. The smallest absolute Gasteiger partial charge is 0.175 e. The summed E-state index contributed by atoms with van der Waals surface area (Å²) in [7, 11) is -3.23. The van der Waals surface area contributed by atoms with Gasteiger partial charge in [0.15, 0.2) is 14.5 Å². The van der Waals surface area contributed by atoms with E-state index < -0.39 is 15.9 Å². The van der Waals surface area contributed by atoms with Crippen LogP contribution in [-0.2, 0) is 9.84 Å². The maximum absolute atomic E-state index is 11.5. The minimum atomic E-state index is -3.23. The monoisotopic (exact) mass is 329 g/mol. The third kappa shape index (κ3) is 2.82. The van der Waals surface area contributed by atoms with Crippen LogP contribution in [0.25, 0.3) is 0 Å². The van der Waals surface area contributed by atoms with Crippen LogP contribution in [0.15, 0.2) is 50.4 Å². The van der Waals surface area contributed by atoms with Crippen molar-refractivity contribution in [3.8, 4) is 0 Å². The lowest BCUT2D eigenvalue weighted by molar-refractivity contribution is 0.470. The average Bonchev–Trinajstić information content (AvgIpc) is 2.74. The predicted molar refractivity (Wildman–Crippen MR) is 72.0 cm³/mol. The summed E-state index contributed by atoms with van der Waals surface area (Å²) < 4.78 is 28.9. The molecule has 1 atom stereocenters. The molecular formula is C12H12BrNO3S. The Hall–Kier alpha value is -1.11. The SMILES string of the molecule is CS(=O)(=O)c1cccc(C(N)c2ccc(Br)o2)c1. The zero-order valence-corrected chi connectivity index (χ0v) is 12.0. The van der Waals surface area contributed by atoms with Crippen LogP contribution in [0, 0.1) is 0 Å². The van der Waals surface area contributed by atoms with Crippen LogP contribution in [0.2, 0.25) is 0 Å². The van der Waals surface area contributed by atoms with Gasteiger partial charge in [-0.3, -0.25) is 0 Å². The van der Waals surface area contributed by atoms with Crippen LogP contribution in [0.3, 0.4) is 0 Å². The molecule has 2 N–H and O–H groups in total. The molecule has 0 aliphatic rings. The van der Waals surface area contributed by atoms with E-state index in [9.17, 15) is 8.42 Å². The van der Waals surface area contributed by atoms with Gasteiger partial charge in [-0.05, 0) is 45.8 Å². The molecule has 0 aliphatic heterocycles. The molecule has 0 saturated carbocycles. The fourth-order valence-electron chi connectivity index (χ4n) is 1.60. The molecule has 0 bridgehead atoms. The molecule has 96 valence electrons. The standard InChI is InChI=1S/C12H12BrNO3S/c1-18(15,16)9-4-2-3-8(7-9)12(14)10-5-6-11(13)17-10/h2-7,12H,14H2,1H3. The first-order valence-corrected chi connectivity index (χ1v) is 7.87. The lowest BCUT2D eigenvalue weighted by Gasteiger charge is -2.10. The van der Waals surface area contributed by atoms with Crippen molar-refractivity contribution in [2.45, 2.75) is 10.9 Å². The van der Waals surface area contributed by atoms with Crippen LogP contribution >= 0.6 is 15.9 Å². The van der Waals surface area contributed by atoms with Crippen molar-refractivity contribution >= 4 is 25.8 Å². The average molecular weight is 330 g/mol. The van der Waals surface area contributed by atoms with Gasteiger partial charge in [0.05, 0.1) is 10.9 Å². The van der Waals surface area contributed by atoms with Crippen molar-refractivity contribution < 1.29 is 12.8 Å². The van der Waals surface area contributed by atoms with Gasteiger partial charge in [0.25, 0.3) is 0 Å². The summed E-state index contributed by atoms with van der Waals surface area (Å²) in [5.74, 6) is 0.576. The molecule has 1 aromatic heterocycles. The highest BCUT2D eigenvalue weighted by Crippen LogP contribution is 2.25. The quantitative estimate of drug-likeness (QED) is 0.938. The Labute approximate surface area is 114 Å². The number of rotatable bonds is 3. The summed E-state index contributed by atoms with van der Waals surface area (Å²) in [5, 5.41) is 0. The third-order valence-electron chi connectivity index (χ3n) is 2.55. The topological polar surface area (TPSA) is 73.3 Å². The first-order chi connectivity index (χ1) is 8.38. The van der Waals surface area contributed by atoms with Crippen molar-refractivity contribution in [1.29, 1.82) is 0 Å². The molecule has 0 fully saturated rings. The summed E-state index contributed by atoms with van der Waals surface area (Å²) >= 11 is 3.20. The molecule has 0 aliphatic carbocycles. The number of benzene rings is 1. The van der Waals surface area contributed by atoms with E-state index in [4.69, 9.17) is 10.2 Å². The summed E-state index contributed by atoms with van der Waals surface area (Å²) in [4.78, 5) is 0.251. The van der Waals surface area contributed by atoms with Gasteiger partial charge in [0.1, 0.15) is 5.76 Å². The van der Waals surface area contributed by atoms with Crippen LogP contribution < -0.4 is 5.73 Å². The zero-order valence-electron chi connectivity index (χ0n) is 9.63. The second-order valence-corrected chi connectivity index (χ2v) is 6.76. The number of hydrogen-bond acceptors (Lipinski definition) is 4. The van der Waals surface area contributed by atoms with E-state index in [2.05, 4.69) is 15.9 Å². The number of hydrogen-bond donors (Lipinski definition) is 1. The first-order valence-electron chi connectivity index (χ1n) is 5.19. The van der Waals surface area contributed by atoms with Crippen LogP contribution in [0.5, 0.6) is 0 Å². The predicted octanol–water partition coefficient (Wildman–Crippen LogP) is 2.49. The zero-order chi connectivity index (χ0) is 13.3. The number of nitrogens with two attached hydrogens (primary N) is 1. The summed E-state index contributed by atoms with van der Waals surface area (Å²) in [6, 6.07) is 9.56. The molecule has 4 nitrogen and oxygen atoms in total. The molecule has 1 aromatic carbocycles. The Morgan fingerprint density at radius 1 is 1.28 bits per heavy atom. The Morgan fingerprint density at radius 2 is 2.00 bits per heavy atom. The first kappa shape index (κ1) is 13.3. The molecule has 2 rings (SSSR count). The number of halogens is 1. The molecule has 6 heteroatoms. The van der Waals surface area contributed by atoms with Gasteiger partial charge in [-0.1, -0.05) is 12.1 Å². The molecule has 0 radical (unpaired) electrons. The fraction of sp³-hybridized carbons (Fsp3) is 0.167. The second kappa shape index (κ2) is 4.87. The van der Waals surface area contributed by atoms with Gasteiger partial charge in [0.2, 0.25) is 0 Å². The summed E-state index contributed by atoms with van der Waals surface area (Å²) in [6.07, 6.45) is 1.17. The van der Waals surface area contributed by atoms with Gasteiger partial charge in [-0.25, -0.2) is 8.42 Å². The van der Waals surface area contributed by atoms with Crippen LogP contribution in [-0.4, -0.2) is 14.7 Å². The lowest BCUT2D eigenvalue weighted by atomic mass is 10.1. The molecule has 0 spiro atoms. The Morgan fingerprint density at radius 3 is 2.56 bits per heavy atom. The van der Waals surface area contributed by atoms with E-state index in [1.54, 1.807) is 36.4 Å². The molecule has 2 aromatic rings. The van der Waals surface area contributed by atoms with Crippen LogP contribution in [0.1, 0.15) is 17.4 Å².